The molecule has 44 heavy (non-hydrogen) atoms. The Morgan fingerprint density at radius 1 is 0.864 bits per heavy atom. The van der Waals surface area contributed by atoms with Crippen molar-refractivity contribution in [3.63, 3.8) is 0 Å². The maximum atomic E-state index is 13.8. The number of hydrogen-bond acceptors (Lipinski definition) is 4. The summed E-state index contributed by atoms with van der Waals surface area (Å²) in [6.07, 6.45) is 10.4. The van der Waals surface area contributed by atoms with E-state index >= 15 is 0 Å². The molecule has 2 fully saturated rings. The Morgan fingerprint density at radius 3 is 2.32 bits per heavy atom. The van der Waals surface area contributed by atoms with Crippen molar-refractivity contribution in [2.75, 3.05) is 0 Å². The predicted octanol–water partition coefficient (Wildman–Crippen LogP) is 10.3. The number of aliphatic hydroxyl groups excluding tert-OH is 1. The summed E-state index contributed by atoms with van der Waals surface area (Å²) >= 11 is 0. The molecule has 0 amide bonds. The molecule has 0 unspecified atom stereocenters. The summed E-state index contributed by atoms with van der Waals surface area (Å²) in [6.45, 7) is 0. The molecule has 225 valence electrons. The minimum Gasteiger partial charge on any atom is -0.512 e. The molecule has 6 aromatic rings. The van der Waals surface area contributed by atoms with Gasteiger partial charge in [-0.1, -0.05) is 73.5 Å². The van der Waals surface area contributed by atoms with E-state index < -0.39 is 0 Å². The van der Waals surface area contributed by atoms with E-state index in [2.05, 4.69) is 18.2 Å². The summed E-state index contributed by atoms with van der Waals surface area (Å²) in [5, 5.41) is 14.8. The number of hydrogen-bond donors (Lipinski definition) is 1. The average molecular weight is 763 g/mol. The van der Waals surface area contributed by atoms with Gasteiger partial charge in [-0.3, -0.25) is 9.78 Å². The van der Waals surface area contributed by atoms with Crippen LogP contribution in [0, 0.1) is 23.7 Å². The first-order valence-electron chi connectivity index (χ1n) is 15.3. The maximum absolute atomic E-state index is 13.8. The molecule has 0 atom stereocenters. The van der Waals surface area contributed by atoms with Crippen molar-refractivity contribution in [3.8, 4) is 11.3 Å². The number of carbonyl (C=O) groups is 1. The van der Waals surface area contributed by atoms with Gasteiger partial charge in [-0.05, 0) is 43.9 Å². The molecular weight excluding hydrogens is 730 g/mol. The largest absolute Gasteiger partial charge is 0.512 e. The molecule has 6 heteroatoms. The van der Waals surface area contributed by atoms with Crippen LogP contribution in [0.25, 0.3) is 54.9 Å². The molecule has 1 N–H and O–H groups in total. The third kappa shape index (κ3) is 5.81. The van der Waals surface area contributed by atoms with Crippen molar-refractivity contribution in [1.29, 1.82) is 0 Å². The number of fused-ring (bicyclic) bond motifs is 6. The molecule has 4 nitrogen and oxygen atoms in total. The van der Waals surface area contributed by atoms with Crippen LogP contribution in [0.3, 0.4) is 0 Å². The number of rotatable bonds is 4. The summed E-state index contributed by atoms with van der Waals surface area (Å²) in [7, 11) is 0. The van der Waals surface area contributed by atoms with Crippen LogP contribution in [0.5, 0.6) is 0 Å². The van der Waals surface area contributed by atoms with Crippen molar-refractivity contribution in [2.45, 2.75) is 51.4 Å². The summed E-state index contributed by atoms with van der Waals surface area (Å²) in [4.78, 5) is 16.7. The number of aromatic nitrogens is 1. The van der Waals surface area contributed by atoms with Crippen LogP contribution in [0.2, 0.25) is 0 Å². The van der Waals surface area contributed by atoms with Crippen molar-refractivity contribution in [3.05, 3.63) is 103 Å². The van der Waals surface area contributed by atoms with Crippen LogP contribution in [-0.2, 0) is 24.9 Å². The van der Waals surface area contributed by atoms with Crippen LogP contribution < -0.4 is 0 Å². The average Bonchev–Trinajstić information content (AvgIpc) is 3.82. The fourth-order valence-corrected chi connectivity index (χ4v) is 6.80. The fraction of sp³-hybridized carbons (Fsp3) is 0.263. The van der Waals surface area contributed by atoms with Crippen LogP contribution in [-0.4, -0.2) is 15.9 Å². The van der Waals surface area contributed by atoms with E-state index in [1.54, 1.807) is 6.07 Å². The maximum Gasteiger partial charge on any atom is 0.162 e. The van der Waals surface area contributed by atoms with Gasteiger partial charge >= 0.3 is 0 Å². The quantitative estimate of drug-likeness (QED) is 0.110. The number of furan rings is 1. The van der Waals surface area contributed by atoms with Gasteiger partial charge in [-0.2, -0.15) is 0 Å². The Morgan fingerprint density at radius 2 is 1.55 bits per heavy atom. The molecule has 0 saturated heterocycles. The van der Waals surface area contributed by atoms with Crippen molar-refractivity contribution in [1.82, 2.24) is 4.98 Å². The molecule has 8 rings (SSSR count). The van der Waals surface area contributed by atoms with E-state index in [1.807, 2.05) is 48.5 Å². The molecule has 2 saturated carbocycles. The zero-order valence-electron chi connectivity index (χ0n) is 24.3. The number of carbonyl (C=O) groups excluding carboxylic acids is 1. The Labute approximate surface area is 269 Å². The zero-order chi connectivity index (χ0) is 29.3. The summed E-state index contributed by atoms with van der Waals surface area (Å²) < 4.78 is 20.0. The van der Waals surface area contributed by atoms with Crippen LogP contribution in [0.1, 0.15) is 51.4 Å². The summed E-state index contributed by atoms with van der Waals surface area (Å²) in [6, 6.07) is 28.1. The number of aliphatic hydroxyl groups is 1. The molecular formula is C38H33FIrNO3-. The SMILES string of the molecule is Fc1ccc2c(c1)oc1c(-c3[c-]ccc4ccccc34)nc3ccccc3c12.O=C(/C=C(\O)C1CCCC1)C1CCCC1.[Ir]. The summed E-state index contributed by atoms with van der Waals surface area (Å²) in [5.41, 5.74) is 3.66. The minimum absolute atomic E-state index is 0. The van der Waals surface area contributed by atoms with E-state index in [1.165, 1.54) is 43.9 Å². The van der Waals surface area contributed by atoms with Crippen molar-refractivity contribution < 1.29 is 38.8 Å². The Hall–Kier alpha value is -3.86. The second kappa shape index (κ2) is 13.0. The smallest absolute Gasteiger partial charge is 0.162 e. The Balaban J connectivity index is 0.000000183. The van der Waals surface area contributed by atoms with E-state index in [-0.39, 0.29) is 43.5 Å². The molecule has 2 aliphatic carbocycles. The molecule has 0 aliphatic heterocycles. The first kappa shape index (κ1) is 30.2. The molecule has 1 radical (unpaired) electrons. The molecule has 0 bridgehead atoms. The van der Waals surface area contributed by atoms with Crippen molar-refractivity contribution >= 4 is 49.4 Å². The third-order valence-corrected chi connectivity index (χ3v) is 9.05. The Bertz CT molecular complexity index is 2000. The standard InChI is InChI=1S/C25H13FNO.C13H20O2.Ir/c26-16-12-13-20-22(14-16)28-25-23(20)19-9-3-4-11-21(19)27-24(25)18-10-5-7-15-6-1-2-8-17(15)18;14-12(10-5-1-2-6-10)9-13(15)11-7-3-4-8-11;/h1-9,11-14H;9-11,14H,1-8H2;/q-1;;/b;12-9-;. The number of halogens is 1. The van der Waals surface area contributed by atoms with Crippen LogP contribution >= 0.6 is 0 Å². The predicted molar refractivity (Wildman–Crippen MR) is 170 cm³/mol. The van der Waals surface area contributed by atoms with Gasteiger partial charge in [0.1, 0.15) is 17.0 Å². The first-order valence-corrected chi connectivity index (χ1v) is 15.3. The summed E-state index contributed by atoms with van der Waals surface area (Å²) in [5.74, 6) is 0.673. The van der Waals surface area contributed by atoms with E-state index in [9.17, 15) is 14.3 Å². The second-order valence-electron chi connectivity index (χ2n) is 11.8. The van der Waals surface area contributed by atoms with Gasteiger partial charge in [0.05, 0.1) is 11.3 Å². The van der Waals surface area contributed by atoms with Gasteiger partial charge < -0.3 is 9.52 Å². The number of benzene rings is 4. The van der Waals surface area contributed by atoms with Gasteiger partial charge in [-0.15, -0.1) is 29.1 Å². The number of allylic oxidation sites excluding steroid dienone is 2. The van der Waals surface area contributed by atoms with Crippen LogP contribution in [0.15, 0.2) is 95.1 Å². The zero-order valence-corrected chi connectivity index (χ0v) is 26.7. The molecule has 4 aromatic carbocycles. The minimum atomic E-state index is -0.318. The monoisotopic (exact) mass is 763 g/mol. The fourth-order valence-electron chi connectivity index (χ4n) is 6.80. The second-order valence-corrected chi connectivity index (χ2v) is 11.8. The third-order valence-electron chi connectivity index (χ3n) is 9.05. The van der Waals surface area contributed by atoms with Gasteiger partial charge in [0.2, 0.25) is 0 Å². The normalized spacial score (nSPS) is 16.0. The Kier molecular flexibility index (Phi) is 8.93. The number of para-hydroxylation sites is 1. The molecule has 2 aliphatic rings. The molecule has 2 aromatic heterocycles. The number of pyridine rings is 1. The molecule has 2 heterocycles. The first-order chi connectivity index (χ1) is 21.1. The van der Waals surface area contributed by atoms with Gasteiger partial charge in [-0.25, -0.2) is 4.39 Å². The van der Waals surface area contributed by atoms with E-state index in [0.29, 0.717) is 16.9 Å². The van der Waals surface area contributed by atoms with Gasteiger partial charge in [0, 0.05) is 65.9 Å². The number of ketones is 1. The van der Waals surface area contributed by atoms with E-state index in [0.717, 1.165) is 69.4 Å². The van der Waals surface area contributed by atoms with Crippen molar-refractivity contribution in [2.24, 2.45) is 11.8 Å². The van der Waals surface area contributed by atoms with E-state index in [4.69, 9.17) is 9.40 Å². The topological polar surface area (TPSA) is 63.3 Å². The van der Waals surface area contributed by atoms with Crippen LogP contribution in [0.4, 0.5) is 4.39 Å². The molecule has 0 spiro atoms. The van der Waals surface area contributed by atoms with Gasteiger partial charge in [0.25, 0.3) is 0 Å². The number of nitrogens with zero attached hydrogens (tertiary/aromatic N) is 1. The van der Waals surface area contributed by atoms with Gasteiger partial charge in [0.15, 0.2) is 5.78 Å².